The molecule has 108 valence electrons. The lowest BCUT2D eigenvalue weighted by molar-refractivity contribution is -0.133. The predicted molar refractivity (Wildman–Crippen MR) is 75.0 cm³/mol. The fourth-order valence-corrected chi connectivity index (χ4v) is 5.09. The van der Waals surface area contributed by atoms with Crippen molar-refractivity contribution in [1.82, 2.24) is 0 Å². The Morgan fingerprint density at radius 2 is 1.61 bits per heavy atom. The maximum Gasteiger partial charge on any atom is 0.500 e. The zero-order chi connectivity index (χ0) is 13.9. The molecule has 1 N–H and O–H groups in total. The highest BCUT2D eigenvalue weighted by molar-refractivity contribution is 7.99. The molecule has 0 aromatic rings. The predicted octanol–water partition coefficient (Wildman–Crippen LogP) is 2.24. The fraction of sp³-hybridized carbons (Fsp3) is 0.909. The van der Waals surface area contributed by atoms with Gasteiger partial charge in [0.25, 0.3) is 0 Å². The fourth-order valence-electron chi connectivity index (χ4n) is 1.55. The maximum absolute atomic E-state index is 10.4. The summed E-state index contributed by atoms with van der Waals surface area (Å²) in [6.45, 7) is 7.52. The number of aliphatic carboxylic acids is 1. The molecule has 7 heteroatoms. The van der Waals surface area contributed by atoms with E-state index in [1.54, 1.807) is 0 Å². The van der Waals surface area contributed by atoms with E-state index in [1.165, 1.54) is 11.8 Å². The molecule has 0 aromatic carbocycles. The van der Waals surface area contributed by atoms with Crippen molar-refractivity contribution < 1.29 is 23.2 Å². The van der Waals surface area contributed by atoms with Crippen LogP contribution in [0, 0.1) is 0 Å². The number of hydrogen-bond donors (Lipinski definition) is 1. The Balaban J connectivity index is 4.08. The zero-order valence-electron chi connectivity index (χ0n) is 11.4. The Morgan fingerprint density at radius 3 is 2.00 bits per heavy atom. The van der Waals surface area contributed by atoms with Crippen molar-refractivity contribution >= 4 is 26.5 Å². The van der Waals surface area contributed by atoms with Crippen LogP contribution in [0.15, 0.2) is 0 Å². The molecule has 18 heavy (non-hydrogen) atoms. The Labute approximate surface area is 115 Å². The summed E-state index contributed by atoms with van der Waals surface area (Å²) in [6.07, 6.45) is 0.851. The second-order valence-corrected chi connectivity index (χ2v) is 7.37. The standard InChI is InChI=1S/C11H24O5SSi/c1-4-14-18(15-5-2,16-6-3)9-7-8-17-10-11(12)13/h4-10H2,1-3H3,(H,12,13). The van der Waals surface area contributed by atoms with E-state index in [0.717, 1.165) is 18.2 Å². The second kappa shape index (κ2) is 10.8. The van der Waals surface area contributed by atoms with Crippen LogP contribution in [0.1, 0.15) is 27.2 Å². The average Bonchev–Trinajstić information content (AvgIpc) is 2.29. The summed E-state index contributed by atoms with van der Waals surface area (Å²) in [5.74, 6) is 0.156. The monoisotopic (exact) mass is 296 g/mol. The summed E-state index contributed by atoms with van der Waals surface area (Å²) in [6, 6.07) is 0.745. The topological polar surface area (TPSA) is 65.0 Å². The minimum absolute atomic E-state index is 0.145. The average molecular weight is 296 g/mol. The van der Waals surface area contributed by atoms with Crippen LogP contribution in [0.5, 0.6) is 0 Å². The Morgan fingerprint density at radius 1 is 1.11 bits per heavy atom. The first-order valence-electron chi connectivity index (χ1n) is 6.31. The van der Waals surface area contributed by atoms with Crippen molar-refractivity contribution in [3.63, 3.8) is 0 Å². The SMILES string of the molecule is CCO[Si](CCCSCC(=O)O)(OCC)OCC. The van der Waals surface area contributed by atoms with Crippen LogP contribution >= 0.6 is 11.8 Å². The highest BCUT2D eigenvalue weighted by Gasteiger charge is 2.39. The molecule has 0 radical (unpaired) electrons. The first-order valence-corrected chi connectivity index (χ1v) is 9.40. The summed E-state index contributed by atoms with van der Waals surface area (Å²) in [4.78, 5) is 10.4. The van der Waals surface area contributed by atoms with Gasteiger partial charge >= 0.3 is 14.8 Å². The van der Waals surface area contributed by atoms with Gasteiger partial charge in [0.05, 0.1) is 5.75 Å². The summed E-state index contributed by atoms with van der Waals surface area (Å²) in [7, 11) is -2.53. The van der Waals surface area contributed by atoms with Gasteiger partial charge in [-0.15, -0.1) is 0 Å². The number of hydrogen-bond acceptors (Lipinski definition) is 5. The van der Waals surface area contributed by atoms with E-state index in [2.05, 4.69) is 0 Å². The van der Waals surface area contributed by atoms with Crippen molar-refractivity contribution in [1.29, 1.82) is 0 Å². The second-order valence-electron chi connectivity index (χ2n) is 3.53. The Bertz CT molecular complexity index is 210. The number of rotatable bonds is 12. The molecule has 0 heterocycles. The molecule has 0 saturated heterocycles. The van der Waals surface area contributed by atoms with Crippen molar-refractivity contribution in [3.8, 4) is 0 Å². The quantitative estimate of drug-likeness (QED) is 0.440. The summed E-state index contributed by atoms with van der Waals surface area (Å²) in [5.41, 5.74) is 0. The molecule has 5 nitrogen and oxygen atoms in total. The third kappa shape index (κ3) is 8.10. The van der Waals surface area contributed by atoms with Gasteiger partial charge in [0, 0.05) is 25.9 Å². The van der Waals surface area contributed by atoms with Gasteiger partial charge in [0.2, 0.25) is 0 Å². The number of carbonyl (C=O) groups is 1. The van der Waals surface area contributed by atoms with Crippen molar-refractivity contribution in [2.24, 2.45) is 0 Å². The van der Waals surface area contributed by atoms with Crippen LogP contribution in [0.25, 0.3) is 0 Å². The van der Waals surface area contributed by atoms with Gasteiger partial charge in [0.1, 0.15) is 0 Å². The molecule has 0 aliphatic rings. The highest BCUT2D eigenvalue weighted by Crippen LogP contribution is 2.19. The van der Waals surface area contributed by atoms with Gasteiger partial charge in [-0.1, -0.05) is 0 Å². The van der Waals surface area contributed by atoms with Crippen molar-refractivity contribution in [3.05, 3.63) is 0 Å². The van der Waals surface area contributed by atoms with Gasteiger partial charge < -0.3 is 18.4 Å². The minimum atomic E-state index is -2.53. The number of carboxylic acids is 1. The first-order chi connectivity index (χ1) is 8.60. The van der Waals surface area contributed by atoms with E-state index in [1.807, 2.05) is 20.8 Å². The zero-order valence-corrected chi connectivity index (χ0v) is 13.3. The van der Waals surface area contributed by atoms with Crippen LogP contribution in [-0.2, 0) is 18.1 Å². The third-order valence-electron chi connectivity index (χ3n) is 2.09. The maximum atomic E-state index is 10.4. The molecule has 0 amide bonds. The summed E-state index contributed by atoms with van der Waals surface area (Å²) < 4.78 is 17.1. The molecule has 0 unspecified atom stereocenters. The van der Waals surface area contributed by atoms with Gasteiger partial charge in [-0.05, 0) is 32.9 Å². The highest BCUT2D eigenvalue weighted by atomic mass is 32.2. The largest absolute Gasteiger partial charge is 0.500 e. The molecule has 0 aliphatic heterocycles. The summed E-state index contributed by atoms with van der Waals surface area (Å²) in [5, 5.41) is 8.54. The Kier molecular flexibility index (Phi) is 10.8. The normalized spacial score (nSPS) is 11.7. The number of carboxylic acid groups (broad SMARTS) is 1. The lowest BCUT2D eigenvalue weighted by Gasteiger charge is -2.28. The van der Waals surface area contributed by atoms with Crippen LogP contribution < -0.4 is 0 Å². The van der Waals surface area contributed by atoms with Crippen LogP contribution in [-0.4, -0.2) is 51.2 Å². The molecule has 0 spiro atoms. The number of thioether (sulfide) groups is 1. The lowest BCUT2D eigenvalue weighted by Crippen LogP contribution is -2.46. The molecule has 0 fully saturated rings. The molecule has 0 aromatic heterocycles. The van der Waals surface area contributed by atoms with Gasteiger partial charge in [-0.25, -0.2) is 0 Å². The van der Waals surface area contributed by atoms with E-state index in [0.29, 0.717) is 19.8 Å². The summed E-state index contributed by atoms with van der Waals surface area (Å²) >= 11 is 1.41. The van der Waals surface area contributed by atoms with Gasteiger partial charge in [0.15, 0.2) is 0 Å². The lowest BCUT2D eigenvalue weighted by atomic mass is 10.6. The van der Waals surface area contributed by atoms with Crippen LogP contribution in [0.2, 0.25) is 6.04 Å². The van der Waals surface area contributed by atoms with Gasteiger partial charge in [-0.3, -0.25) is 4.79 Å². The molecular formula is C11H24O5SSi. The molecule has 0 atom stereocenters. The van der Waals surface area contributed by atoms with Crippen molar-refractivity contribution in [2.45, 2.75) is 33.2 Å². The van der Waals surface area contributed by atoms with Crippen molar-refractivity contribution in [2.75, 3.05) is 31.3 Å². The molecule has 0 bridgehead atoms. The molecular weight excluding hydrogens is 272 g/mol. The minimum Gasteiger partial charge on any atom is -0.481 e. The smallest absolute Gasteiger partial charge is 0.481 e. The molecule has 0 rings (SSSR count). The van der Waals surface area contributed by atoms with Gasteiger partial charge in [-0.2, -0.15) is 11.8 Å². The molecule has 0 aliphatic carbocycles. The van der Waals surface area contributed by atoms with E-state index in [-0.39, 0.29) is 5.75 Å². The van der Waals surface area contributed by atoms with E-state index in [4.69, 9.17) is 18.4 Å². The van der Waals surface area contributed by atoms with E-state index < -0.39 is 14.8 Å². The third-order valence-corrected chi connectivity index (χ3v) is 6.27. The Hall–Kier alpha value is -0.0831. The van der Waals surface area contributed by atoms with Crippen LogP contribution in [0.3, 0.4) is 0 Å². The van der Waals surface area contributed by atoms with Crippen LogP contribution in [0.4, 0.5) is 0 Å². The van der Waals surface area contributed by atoms with E-state index >= 15 is 0 Å². The van der Waals surface area contributed by atoms with E-state index in [9.17, 15) is 4.79 Å². The first kappa shape index (κ1) is 17.9. The molecule has 0 saturated carbocycles.